The summed E-state index contributed by atoms with van der Waals surface area (Å²) in [6, 6.07) is 8.01. The van der Waals surface area contributed by atoms with Crippen molar-refractivity contribution >= 4 is 29.5 Å². The maximum absolute atomic E-state index is 14.1. The van der Waals surface area contributed by atoms with Gasteiger partial charge in [0.25, 0.3) is 0 Å². The summed E-state index contributed by atoms with van der Waals surface area (Å²) in [6.07, 6.45) is 3.76. The van der Waals surface area contributed by atoms with E-state index in [1.54, 1.807) is 23.7 Å². The molecule has 1 aromatic carbocycles. The van der Waals surface area contributed by atoms with E-state index in [1.807, 2.05) is 30.3 Å². The van der Waals surface area contributed by atoms with Crippen molar-refractivity contribution in [3.63, 3.8) is 0 Å². The molecule has 3 amide bonds. The molecule has 8 heteroatoms. The van der Waals surface area contributed by atoms with Gasteiger partial charge >= 0.3 is 0 Å². The Morgan fingerprint density at radius 2 is 1.97 bits per heavy atom. The molecule has 1 spiro atoms. The first-order valence-corrected chi connectivity index (χ1v) is 12.9. The van der Waals surface area contributed by atoms with E-state index in [0.717, 1.165) is 31.2 Å². The van der Waals surface area contributed by atoms with Crippen molar-refractivity contribution in [2.24, 2.45) is 17.8 Å². The lowest BCUT2D eigenvalue weighted by atomic mass is 9.66. The largest absolute Gasteiger partial charge is 0.394 e. The molecule has 3 fully saturated rings. The van der Waals surface area contributed by atoms with E-state index in [4.69, 9.17) is 0 Å². The van der Waals surface area contributed by atoms with Crippen LogP contribution in [0.5, 0.6) is 0 Å². The molecule has 0 saturated carbocycles. The van der Waals surface area contributed by atoms with E-state index < -0.39 is 28.7 Å². The number of thioether (sulfide) groups is 1. The fourth-order valence-electron chi connectivity index (χ4n) is 6.27. The molecule has 3 N–H and O–H groups in total. The molecule has 3 unspecified atom stereocenters. The number of likely N-dealkylation sites (tertiary alicyclic amines) is 1. The quantitative estimate of drug-likeness (QED) is 0.477. The predicted molar refractivity (Wildman–Crippen MR) is 128 cm³/mol. The molecule has 3 aliphatic rings. The second-order valence-electron chi connectivity index (χ2n) is 9.52. The molecule has 7 atom stereocenters. The molecule has 0 aliphatic carbocycles. The highest BCUT2D eigenvalue weighted by Crippen LogP contribution is 2.69. The fraction of sp³-hybridized carbons (Fsp3) is 0.640. The van der Waals surface area contributed by atoms with Crippen LogP contribution in [-0.4, -0.2) is 64.0 Å². The number of hydrogen-bond donors (Lipinski definition) is 3. The lowest BCUT2D eigenvalue weighted by Gasteiger charge is -2.40. The number of nitrogens with one attached hydrogen (secondary N) is 2. The summed E-state index contributed by atoms with van der Waals surface area (Å²) in [5.74, 6) is -1.42. The highest BCUT2D eigenvalue weighted by atomic mass is 32.2. The van der Waals surface area contributed by atoms with Gasteiger partial charge in [-0.1, -0.05) is 57.0 Å². The van der Waals surface area contributed by atoms with Crippen LogP contribution in [0.15, 0.2) is 30.3 Å². The number of nitrogens with zero attached hydrogens (tertiary/aromatic N) is 1. The van der Waals surface area contributed by atoms with Crippen molar-refractivity contribution in [2.45, 2.75) is 61.6 Å². The predicted octanol–water partition coefficient (Wildman–Crippen LogP) is 2.11. The molecule has 3 heterocycles. The third-order valence-electron chi connectivity index (χ3n) is 7.75. The van der Waals surface area contributed by atoms with Gasteiger partial charge in [-0.2, -0.15) is 0 Å². The maximum atomic E-state index is 14.1. The van der Waals surface area contributed by atoms with Gasteiger partial charge in [0, 0.05) is 18.8 Å². The SMILES string of the molecule is CCCCCNC(=O)C1N([C@H](CO)c2ccccc2)C(=O)[C@@H]2[C@@H](C(=O)NC)[C@H]3CC(C)C12S3. The van der Waals surface area contributed by atoms with E-state index in [0.29, 0.717) is 6.54 Å². The number of fused-ring (bicyclic) bond motifs is 1. The van der Waals surface area contributed by atoms with E-state index in [-0.39, 0.29) is 35.5 Å². The highest BCUT2D eigenvalue weighted by Gasteiger charge is 2.76. The van der Waals surface area contributed by atoms with Gasteiger partial charge in [-0.15, -0.1) is 11.8 Å². The van der Waals surface area contributed by atoms with Crippen molar-refractivity contribution in [1.29, 1.82) is 0 Å². The number of rotatable bonds is 9. The van der Waals surface area contributed by atoms with Gasteiger partial charge in [0.15, 0.2) is 0 Å². The third kappa shape index (κ3) is 3.75. The molecule has 180 valence electrons. The van der Waals surface area contributed by atoms with Crippen molar-refractivity contribution in [3.05, 3.63) is 35.9 Å². The Labute approximate surface area is 200 Å². The van der Waals surface area contributed by atoms with E-state index in [9.17, 15) is 19.5 Å². The van der Waals surface area contributed by atoms with Crippen molar-refractivity contribution in [1.82, 2.24) is 15.5 Å². The van der Waals surface area contributed by atoms with Gasteiger partial charge in [-0.3, -0.25) is 14.4 Å². The van der Waals surface area contributed by atoms with E-state index in [2.05, 4.69) is 24.5 Å². The van der Waals surface area contributed by atoms with Crippen molar-refractivity contribution in [3.8, 4) is 0 Å². The van der Waals surface area contributed by atoms with Crippen LogP contribution in [0, 0.1) is 17.8 Å². The average Bonchev–Trinajstić information content (AvgIpc) is 3.41. The summed E-state index contributed by atoms with van der Waals surface area (Å²) in [5.41, 5.74) is 0.789. The lowest BCUT2D eigenvalue weighted by Crippen LogP contribution is -2.57. The van der Waals surface area contributed by atoms with Crippen LogP contribution in [0.2, 0.25) is 0 Å². The van der Waals surface area contributed by atoms with Crippen LogP contribution < -0.4 is 10.6 Å². The minimum absolute atomic E-state index is 0.0238. The second kappa shape index (κ2) is 9.66. The summed E-state index contributed by atoms with van der Waals surface area (Å²) in [7, 11) is 1.60. The molecule has 0 aromatic heterocycles. The second-order valence-corrected chi connectivity index (χ2v) is 11.1. The van der Waals surface area contributed by atoms with Crippen LogP contribution in [0.1, 0.15) is 51.1 Å². The summed E-state index contributed by atoms with van der Waals surface area (Å²) in [4.78, 5) is 42.3. The van der Waals surface area contributed by atoms with Gasteiger partial charge in [-0.25, -0.2) is 0 Å². The van der Waals surface area contributed by atoms with Crippen LogP contribution >= 0.6 is 11.8 Å². The summed E-state index contributed by atoms with van der Waals surface area (Å²) in [6.45, 7) is 4.49. The minimum Gasteiger partial charge on any atom is -0.394 e. The van der Waals surface area contributed by atoms with Gasteiger partial charge in [0.1, 0.15) is 6.04 Å². The number of aliphatic hydroxyl groups is 1. The average molecular weight is 474 g/mol. The standard InChI is InChI=1S/C25H35N3O4S/c1-4-5-9-12-27-23(31)21-25-15(2)13-18(33-25)19(22(30)26-3)20(25)24(32)28(21)17(14-29)16-10-7-6-8-11-16/h6-8,10-11,15,17-21,29H,4-5,9,12-14H2,1-3H3,(H,26,30)(H,27,31)/t15?,17-,18-,19+,20+,21?,25?/m1/s1. The highest BCUT2D eigenvalue weighted by molar-refractivity contribution is 8.02. The number of carbonyl (C=O) groups excluding carboxylic acids is 3. The molecule has 0 radical (unpaired) electrons. The zero-order chi connectivity index (χ0) is 23.8. The molecule has 1 aromatic rings. The lowest BCUT2D eigenvalue weighted by molar-refractivity contribution is -0.142. The van der Waals surface area contributed by atoms with Gasteiger partial charge in [0.2, 0.25) is 17.7 Å². The molecular formula is C25H35N3O4S. The first-order chi connectivity index (χ1) is 15.9. The summed E-state index contributed by atoms with van der Waals surface area (Å²) >= 11 is 1.65. The molecule has 3 saturated heterocycles. The monoisotopic (exact) mass is 473 g/mol. The summed E-state index contributed by atoms with van der Waals surface area (Å²) < 4.78 is -0.671. The van der Waals surface area contributed by atoms with Crippen LogP contribution in [0.4, 0.5) is 0 Å². The first kappa shape index (κ1) is 24.1. The summed E-state index contributed by atoms with van der Waals surface area (Å²) in [5, 5.41) is 16.3. The zero-order valence-electron chi connectivity index (χ0n) is 19.6. The number of carbonyl (C=O) groups is 3. The first-order valence-electron chi connectivity index (χ1n) is 12.1. The molecule has 4 rings (SSSR count). The van der Waals surface area contributed by atoms with Crippen LogP contribution in [0.3, 0.4) is 0 Å². The number of hydrogen-bond acceptors (Lipinski definition) is 5. The van der Waals surface area contributed by atoms with Gasteiger partial charge in [0.05, 0.1) is 29.2 Å². The molecule has 7 nitrogen and oxygen atoms in total. The Hall–Kier alpha value is -2.06. The zero-order valence-corrected chi connectivity index (χ0v) is 20.4. The molecule has 3 aliphatic heterocycles. The number of benzene rings is 1. The number of aliphatic hydroxyl groups excluding tert-OH is 1. The minimum atomic E-state index is -0.728. The van der Waals surface area contributed by atoms with Crippen LogP contribution in [0.25, 0.3) is 0 Å². The maximum Gasteiger partial charge on any atom is 0.244 e. The van der Waals surface area contributed by atoms with Gasteiger partial charge in [-0.05, 0) is 24.3 Å². The number of amides is 3. The Bertz CT molecular complexity index is 897. The smallest absolute Gasteiger partial charge is 0.244 e. The van der Waals surface area contributed by atoms with Crippen molar-refractivity contribution < 1.29 is 19.5 Å². The van der Waals surface area contributed by atoms with Crippen LogP contribution in [-0.2, 0) is 14.4 Å². The Kier molecular flexibility index (Phi) is 7.05. The van der Waals surface area contributed by atoms with Gasteiger partial charge < -0.3 is 20.6 Å². The Balaban J connectivity index is 1.77. The molecule has 2 bridgehead atoms. The molecular weight excluding hydrogens is 438 g/mol. The van der Waals surface area contributed by atoms with E-state index in [1.165, 1.54) is 0 Å². The normalized spacial score (nSPS) is 33.2. The number of unbranched alkanes of at least 4 members (excludes halogenated alkanes) is 2. The topological polar surface area (TPSA) is 98.7 Å². The Morgan fingerprint density at radius 1 is 1.24 bits per heavy atom. The van der Waals surface area contributed by atoms with Crippen molar-refractivity contribution in [2.75, 3.05) is 20.2 Å². The van der Waals surface area contributed by atoms with E-state index >= 15 is 0 Å². The fourth-order valence-corrected chi connectivity index (χ4v) is 8.68. The Morgan fingerprint density at radius 3 is 2.61 bits per heavy atom. The molecule has 33 heavy (non-hydrogen) atoms. The third-order valence-corrected chi connectivity index (χ3v) is 9.83.